The smallest absolute Gasteiger partial charge is 0.306 e. The first-order valence-electron chi connectivity index (χ1n) is 6.91. The van der Waals surface area contributed by atoms with Crippen LogP contribution in [0.25, 0.3) is 10.9 Å². The number of aromatic nitrogens is 1. The van der Waals surface area contributed by atoms with Gasteiger partial charge in [-0.05, 0) is 24.6 Å². The van der Waals surface area contributed by atoms with Crippen LogP contribution in [0.2, 0.25) is 0 Å². The van der Waals surface area contributed by atoms with Crippen LogP contribution in [0.3, 0.4) is 0 Å². The summed E-state index contributed by atoms with van der Waals surface area (Å²) in [6.45, 7) is 0.632. The van der Waals surface area contributed by atoms with Crippen LogP contribution in [0.15, 0.2) is 23.1 Å². The van der Waals surface area contributed by atoms with Crippen molar-refractivity contribution in [2.45, 2.75) is 30.2 Å². The Morgan fingerprint density at radius 2 is 2.14 bits per heavy atom. The fraction of sp³-hybridized carbons (Fsp3) is 0.400. The minimum Gasteiger partial charge on any atom is -0.469 e. The molecule has 1 aromatic heterocycles. The highest BCUT2D eigenvalue weighted by Gasteiger charge is 2.29. The highest BCUT2D eigenvalue weighted by atomic mass is 32.2. The van der Waals surface area contributed by atoms with Crippen molar-refractivity contribution < 1.29 is 22.3 Å². The van der Waals surface area contributed by atoms with Crippen molar-refractivity contribution in [1.29, 1.82) is 0 Å². The first-order chi connectivity index (χ1) is 10.3. The number of rotatable bonds is 3. The van der Waals surface area contributed by atoms with E-state index in [1.165, 1.54) is 13.2 Å². The van der Waals surface area contributed by atoms with Gasteiger partial charge in [-0.15, -0.1) is 0 Å². The first kappa shape index (κ1) is 15.0. The van der Waals surface area contributed by atoms with Crippen LogP contribution in [0, 0.1) is 5.82 Å². The van der Waals surface area contributed by atoms with Gasteiger partial charge in [-0.2, -0.15) is 0 Å². The molecule has 0 N–H and O–H groups in total. The van der Waals surface area contributed by atoms with E-state index in [-0.39, 0.29) is 23.2 Å². The molecule has 22 heavy (non-hydrogen) atoms. The van der Waals surface area contributed by atoms with Crippen molar-refractivity contribution in [2.24, 2.45) is 0 Å². The number of nitrogens with zero attached hydrogens (tertiary/aromatic N) is 1. The van der Waals surface area contributed by atoms with E-state index in [0.717, 1.165) is 24.4 Å². The normalized spacial score (nSPS) is 17.7. The summed E-state index contributed by atoms with van der Waals surface area (Å²) in [6, 6.07) is 4.14. The molecule has 118 valence electrons. The van der Waals surface area contributed by atoms with Gasteiger partial charge in [0.15, 0.2) is 9.84 Å². The molecule has 0 saturated heterocycles. The van der Waals surface area contributed by atoms with E-state index < -0.39 is 15.7 Å². The average Bonchev–Trinajstić information content (AvgIpc) is 2.97. The molecule has 0 fully saturated rings. The lowest BCUT2D eigenvalue weighted by Gasteiger charge is -2.06. The van der Waals surface area contributed by atoms with Crippen molar-refractivity contribution in [2.75, 3.05) is 13.4 Å². The van der Waals surface area contributed by atoms with Crippen LogP contribution in [-0.2, 0) is 25.9 Å². The lowest BCUT2D eigenvalue weighted by Crippen LogP contribution is -2.06. The summed E-state index contributed by atoms with van der Waals surface area (Å²) in [7, 11) is -2.19. The van der Waals surface area contributed by atoms with Gasteiger partial charge >= 0.3 is 5.97 Å². The second kappa shape index (κ2) is 5.08. The molecule has 1 aromatic carbocycles. The van der Waals surface area contributed by atoms with Gasteiger partial charge < -0.3 is 9.30 Å². The predicted octanol–water partition coefficient (Wildman–Crippen LogP) is 2.23. The van der Waals surface area contributed by atoms with Crippen molar-refractivity contribution in [3.8, 4) is 0 Å². The highest BCUT2D eigenvalue weighted by molar-refractivity contribution is 7.91. The quantitative estimate of drug-likeness (QED) is 0.812. The zero-order valence-corrected chi connectivity index (χ0v) is 13.1. The molecule has 1 aliphatic heterocycles. The van der Waals surface area contributed by atoms with E-state index in [1.54, 1.807) is 6.07 Å². The van der Waals surface area contributed by atoms with Gasteiger partial charge in [0.05, 0.1) is 23.9 Å². The Kier molecular flexibility index (Phi) is 3.47. The molecule has 0 aliphatic carbocycles. The monoisotopic (exact) mass is 325 g/mol. The fourth-order valence-corrected chi connectivity index (χ4v) is 4.02. The summed E-state index contributed by atoms with van der Waals surface area (Å²) in [5.41, 5.74) is 1.42. The maximum Gasteiger partial charge on any atom is 0.306 e. The molecule has 3 rings (SSSR count). The largest absolute Gasteiger partial charge is 0.469 e. The van der Waals surface area contributed by atoms with E-state index in [2.05, 4.69) is 0 Å². The number of fused-ring (bicyclic) bond motifs is 3. The maximum atomic E-state index is 13.8. The third-order valence-electron chi connectivity index (χ3n) is 4.14. The highest BCUT2D eigenvalue weighted by Crippen LogP contribution is 2.38. The third kappa shape index (κ3) is 2.39. The molecule has 7 heteroatoms. The molecule has 0 unspecified atom stereocenters. The van der Waals surface area contributed by atoms with E-state index in [9.17, 15) is 17.6 Å². The van der Waals surface area contributed by atoms with Crippen molar-refractivity contribution in [3.63, 3.8) is 0 Å². The van der Waals surface area contributed by atoms with Gasteiger partial charge in [0.1, 0.15) is 5.82 Å². The second-order valence-corrected chi connectivity index (χ2v) is 7.58. The van der Waals surface area contributed by atoms with Gasteiger partial charge in [-0.3, -0.25) is 4.79 Å². The maximum absolute atomic E-state index is 13.8. The molecule has 0 saturated carbocycles. The number of hydrogen-bond acceptors (Lipinski definition) is 4. The Morgan fingerprint density at radius 1 is 1.41 bits per heavy atom. The molecule has 0 amide bonds. The number of halogens is 1. The topological polar surface area (TPSA) is 65.4 Å². The Morgan fingerprint density at radius 3 is 2.77 bits per heavy atom. The molecular weight excluding hydrogens is 309 g/mol. The molecule has 1 atom stereocenters. The summed E-state index contributed by atoms with van der Waals surface area (Å²) < 4.78 is 44.1. The third-order valence-corrected chi connectivity index (χ3v) is 5.28. The summed E-state index contributed by atoms with van der Waals surface area (Å²) in [5, 5.41) is 0.508. The van der Waals surface area contributed by atoms with E-state index in [0.29, 0.717) is 17.4 Å². The van der Waals surface area contributed by atoms with Crippen LogP contribution in [0.4, 0.5) is 4.39 Å². The Balaban J connectivity index is 2.18. The van der Waals surface area contributed by atoms with Gasteiger partial charge in [-0.1, -0.05) is 0 Å². The number of carbonyl (C=O) groups is 1. The van der Waals surface area contributed by atoms with Crippen LogP contribution in [-0.4, -0.2) is 32.3 Å². The number of hydrogen-bond donors (Lipinski definition) is 0. The van der Waals surface area contributed by atoms with E-state index >= 15 is 0 Å². The minimum absolute atomic E-state index is 0.0128. The van der Waals surface area contributed by atoms with Crippen LogP contribution in [0.5, 0.6) is 0 Å². The number of aryl methyl sites for hydroxylation is 1. The van der Waals surface area contributed by atoms with Crippen LogP contribution < -0.4 is 0 Å². The second-order valence-electron chi connectivity index (χ2n) is 5.60. The number of benzene rings is 1. The predicted molar refractivity (Wildman–Crippen MR) is 79.0 cm³/mol. The summed E-state index contributed by atoms with van der Waals surface area (Å²) >= 11 is 0. The van der Waals surface area contributed by atoms with E-state index in [4.69, 9.17) is 4.74 Å². The fourth-order valence-electron chi connectivity index (χ4n) is 3.13. The lowest BCUT2D eigenvalue weighted by atomic mass is 10.0. The average molecular weight is 325 g/mol. The lowest BCUT2D eigenvalue weighted by molar-refractivity contribution is -0.141. The SMILES string of the molecule is COC(=O)C[C@H]1CCn2c1cc1c(S(C)(=O)=O)cc(F)cc12. The first-order valence-corrected chi connectivity index (χ1v) is 8.80. The van der Waals surface area contributed by atoms with Gasteiger partial charge in [-0.25, -0.2) is 12.8 Å². The Hall–Kier alpha value is -1.89. The zero-order chi connectivity index (χ0) is 16.1. The molecule has 1 aliphatic rings. The number of carbonyl (C=O) groups excluding carboxylic acids is 1. The summed E-state index contributed by atoms with van der Waals surface area (Å²) in [4.78, 5) is 11.5. The number of methoxy groups -OCH3 is 1. The van der Waals surface area contributed by atoms with Crippen molar-refractivity contribution in [3.05, 3.63) is 29.7 Å². The molecule has 2 aromatic rings. The minimum atomic E-state index is -3.53. The molecule has 0 spiro atoms. The number of sulfone groups is 1. The van der Waals surface area contributed by atoms with Gasteiger partial charge in [0.25, 0.3) is 0 Å². The molecule has 5 nitrogen and oxygen atoms in total. The summed E-state index contributed by atoms with van der Waals surface area (Å²) in [6.07, 6.45) is 2.06. The van der Waals surface area contributed by atoms with Crippen molar-refractivity contribution in [1.82, 2.24) is 4.57 Å². The summed E-state index contributed by atoms with van der Waals surface area (Å²) in [5.74, 6) is -0.918. The standard InChI is InChI=1S/C15H16FNO4S/c1-21-15(18)5-9-3-4-17-12(9)8-11-13(17)6-10(16)7-14(11)22(2,19)20/h6-9H,3-5H2,1-2H3/t9-/m1/s1. The Bertz CT molecular complexity index is 869. The molecule has 0 radical (unpaired) electrons. The van der Waals surface area contributed by atoms with Gasteiger partial charge in [0, 0.05) is 29.8 Å². The number of esters is 1. The molecular formula is C15H16FNO4S. The van der Waals surface area contributed by atoms with Crippen molar-refractivity contribution >= 4 is 26.7 Å². The molecule has 0 bridgehead atoms. The van der Waals surface area contributed by atoms with E-state index in [1.807, 2.05) is 4.57 Å². The Labute approximate surface area is 127 Å². The number of ether oxygens (including phenoxy) is 1. The zero-order valence-electron chi connectivity index (χ0n) is 12.3. The van der Waals surface area contributed by atoms with Gasteiger partial charge in [0.2, 0.25) is 0 Å². The van der Waals surface area contributed by atoms with Crippen LogP contribution >= 0.6 is 0 Å². The molecule has 2 heterocycles. The van der Waals surface area contributed by atoms with Crippen LogP contribution in [0.1, 0.15) is 24.5 Å².